The maximum atomic E-state index is 12.2. The van der Waals surface area contributed by atoms with Crippen LogP contribution in [0.15, 0.2) is 0 Å². The van der Waals surface area contributed by atoms with Crippen LogP contribution in [0.5, 0.6) is 0 Å². The minimum atomic E-state index is -1.01. The number of carboxylic acids is 1. The van der Waals surface area contributed by atoms with E-state index in [0.29, 0.717) is 18.8 Å². The molecule has 104 valence electrons. The molecular formula is C13H24N2O3. The van der Waals surface area contributed by atoms with Crippen molar-refractivity contribution in [2.45, 2.75) is 58.0 Å². The predicted molar refractivity (Wildman–Crippen MR) is 69.0 cm³/mol. The van der Waals surface area contributed by atoms with Gasteiger partial charge in [0.2, 0.25) is 5.91 Å². The van der Waals surface area contributed by atoms with E-state index >= 15 is 0 Å². The first-order chi connectivity index (χ1) is 8.26. The summed E-state index contributed by atoms with van der Waals surface area (Å²) in [7, 11) is 0. The van der Waals surface area contributed by atoms with Gasteiger partial charge in [-0.1, -0.05) is 33.6 Å². The van der Waals surface area contributed by atoms with Gasteiger partial charge in [0, 0.05) is 0 Å². The number of carbonyl (C=O) groups excluding carboxylic acids is 1. The molecule has 5 nitrogen and oxygen atoms in total. The molecular weight excluding hydrogens is 232 g/mol. The summed E-state index contributed by atoms with van der Waals surface area (Å²) in [5, 5.41) is 11.7. The van der Waals surface area contributed by atoms with Gasteiger partial charge in [0.15, 0.2) is 0 Å². The van der Waals surface area contributed by atoms with Gasteiger partial charge in [0.1, 0.15) is 6.04 Å². The molecule has 1 amide bonds. The fourth-order valence-corrected chi connectivity index (χ4v) is 2.60. The summed E-state index contributed by atoms with van der Waals surface area (Å²) in [5.74, 6) is -1.08. The van der Waals surface area contributed by atoms with E-state index in [-0.39, 0.29) is 11.8 Å². The van der Waals surface area contributed by atoms with E-state index in [2.05, 4.69) is 12.2 Å². The van der Waals surface area contributed by atoms with Crippen molar-refractivity contribution in [2.75, 3.05) is 0 Å². The third-order valence-corrected chi connectivity index (χ3v) is 3.70. The van der Waals surface area contributed by atoms with Gasteiger partial charge in [-0.3, -0.25) is 4.79 Å². The van der Waals surface area contributed by atoms with E-state index in [0.717, 1.165) is 12.8 Å². The summed E-state index contributed by atoms with van der Waals surface area (Å²) in [4.78, 5) is 23.3. The van der Waals surface area contributed by atoms with E-state index in [1.165, 1.54) is 0 Å². The fourth-order valence-electron chi connectivity index (χ4n) is 2.60. The topological polar surface area (TPSA) is 92.4 Å². The molecule has 0 spiro atoms. The first-order valence-electron chi connectivity index (χ1n) is 6.59. The van der Waals surface area contributed by atoms with Crippen LogP contribution in [-0.4, -0.2) is 28.6 Å². The van der Waals surface area contributed by atoms with Gasteiger partial charge < -0.3 is 16.2 Å². The number of amides is 1. The van der Waals surface area contributed by atoms with Crippen molar-refractivity contribution in [2.24, 2.45) is 17.6 Å². The van der Waals surface area contributed by atoms with Gasteiger partial charge in [-0.05, 0) is 24.7 Å². The van der Waals surface area contributed by atoms with Crippen molar-refractivity contribution in [1.29, 1.82) is 0 Å². The Hall–Kier alpha value is -1.10. The van der Waals surface area contributed by atoms with Crippen LogP contribution in [0.1, 0.15) is 46.5 Å². The van der Waals surface area contributed by atoms with Crippen molar-refractivity contribution in [3.05, 3.63) is 0 Å². The summed E-state index contributed by atoms with van der Waals surface area (Å²) in [6, 6.07) is -0.866. The Labute approximate surface area is 108 Å². The maximum absolute atomic E-state index is 12.2. The van der Waals surface area contributed by atoms with Gasteiger partial charge in [-0.2, -0.15) is 0 Å². The number of aliphatic carboxylic acids is 1. The summed E-state index contributed by atoms with van der Waals surface area (Å²) in [6.07, 6.45) is 3.26. The van der Waals surface area contributed by atoms with Crippen LogP contribution in [-0.2, 0) is 9.59 Å². The van der Waals surface area contributed by atoms with Crippen LogP contribution >= 0.6 is 0 Å². The molecule has 0 saturated heterocycles. The molecule has 0 aliphatic heterocycles. The van der Waals surface area contributed by atoms with Crippen molar-refractivity contribution < 1.29 is 14.7 Å². The monoisotopic (exact) mass is 256 g/mol. The molecule has 0 bridgehead atoms. The van der Waals surface area contributed by atoms with Crippen molar-refractivity contribution in [3.63, 3.8) is 0 Å². The number of nitrogens with two attached hydrogens (primary N) is 1. The van der Waals surface area contributed by atoms with Crippen LogP contribution in [0.4, 0.5) is 0 Å². The fraction of sp³-hybridized carbons (Fsp3) is 0.846. The van der Waals surface area contributed by atoms with Gasteiger partial charge in [-0.15, -0.1) is 0 Å². The minimum Gasteiger partial charge on any atom is -0.480 e. The number of carbonyl (C=O) groups is 2. The lowest BCUT2D eigenvalue weighted by Gasteiger charge is -2.36. The molecule has 18 heavy (non-hydrogen) atoms. The Morgan fingerprint density at radius 1 is 1.44 bits per heavy atom. The zero-order valence-corrected chi connectivity index (χ0v) is 11.4. The Morgan fingerprint density at radius 3 is 2.50 bits per heavy atom. The Balaban J connectivity index is 2.71. The lowest BCUT2D eigenvalue weighted by Crippen LogP contribution is -2.60. The lowest BCUT2D eigenvalue weighted by atomic mass is 9.76. The third-order valence-electron chi connectivity index (χ3n) is 3.70. The second kappa shape index (κ2) is 5.69. The molecule has 0 aromatic rings. The molecule has 1 aliphatic rings. The second-order valence-electron chi connectivity index (χ2n) is 5.89. The maximum Gasteiger partial charge on any atom is 0.326 e. The molecule has 1 aliphatic carbocycles. The van der Waals surface area contributed by atoms with Gasteiger partial charge >= 0.3 is 5.97 Å². The number of hydrogen-bond donors (Lipinski definition) is 3. The molecule has 1 saturated carbocycles. The van der Waals surface area contributed by atoms with Gasteiger partial charge in [0.25, 0.3) is 0 Å². The number of hydrogen-bond acceptors (Lipinski definition) is 3. The largest absolute Gasteiger partial charge is 0.480 e. The normalized spacial score (nSPS) is 29.9. The molecule has 5 heteroatoms. The van der Waals surface area contributed by atoms with E-state index in [4.69, 9.17) is 10.8 Å². The van der Waals surface area contributed by atoms with Crippen LogP contribution < -0.4 is 11.1 Å². The van der Waals surface area contributed by atoms with Crippen LogP contribution in [0, 0.1) is 11.8 Å². The van der Waals surface area contributed by atoms with Gasteiger partial charge in [0.05, 0.1) is 5.54 Å². The Bertz CT molecular complexity index is 330. The highest BCUT2D eigenvalue weighted by Gasteiger charge is 2.39. The SMILES string of the molecule is CC1CCCC(N)(C(=O)NC(C(=O)O)C(C)C)C1. The van der Waals surface area contributed by atoms with Crippen molar-refractivity contribution >= 4 is 11.9 Å². The summed E-state index contributed by atoms with van der Waals surface area (Å²) in [5.41, 5.74) is 5.23. The minimum absolute atomic E-state index is 0.156. The molecule has 3 unspecified atom stereocenters. The quantitative estimate of drug-likeness (QED) is 0.702. The summed E-state index contributed by atoms with van der Waals surface area (Å²) >= 11 is 0. The van der Waals surface area contributed by atoms with Crippen LogP contribution in [0.25, 0.3) is 0 Å². The summed E-state index contributed by atoms with van der Waals surface area (Å²) < 4.78 is 0. The average molecular weight is 256 g/mol. The van der Waals surface area contributed by atoms with Crippen LogP contribution in [0.2, 0.25) is 0 Å². The number of rotatable bonds is 4. The Morgan fingerprint density at radius 2 is 2.06 bits per heavy atom. The average Bonchev–Trinajstić information content (AvgIpc) is 2.24. The predicted octanol–water partition coefficient (Wildman–Crippen LogP) is 1.12. The molecule has 0 aromatic carbocycles. The van der Waals surface area contributed by atoms with Gasteiger partial charge in [-0.25, -0.2) is 4.79 Å². The van der Waals surface area contributed by atoms with E-state index in [1.54, 1.807) is 13.8 Å². The molecule has 0 heterocycles. The highest BCUT2D eigenvalue weighted by molar-refractivity contribution is 5.90. The van der Waals surface area contributed by atoms with E-state index < -0.39 is 17.6 Å². The molecule has 0 radical (unpaired) electrons. The third kappa shape index (κ3) is 3.45. The summed E-state index contributed by atoms with van der Waals surface area (Å²) in [6.45, 7) is 5.61. The van der Waals surface area contributed by atoms with E-state index in [9.17, 15) is 9.59 Å². The van der Waals surface area contributed by atoms with Crippen LogP contribution in [0.3, 0.4) is 0 Å². The van der Waals surface area contributed by atoms with Crippen molar-refractivity contribution in [1.82, 2.24) is 5.32 Å². The molecule has 4 N–H and O–H groups in total. The molecule has 1 fully saturated rings. The van der Waals surface area contributed by atoms with Crippen molar-refractivity contribution in [3.8, 4) is 0 Å². The smallest absolute Gasteiger partial charge is 0.326 e. The first kappa shape index (κ1) is 15.0. The highest BCUT2D eigenvalue weighted by Crippen LogP contribution is 2.30. The number of nitrogens with one attached hydrogen (secondary N) is 1. The first-order valence-corrected chi connectivity index (χ1v) is 6.59. The zero-order chi connectivity index (χ0) is 13.9. The zero-order valence-electron chi connectivity index (χ0n) is 11.4. The lowest BCUT2D eigenvalue weighted by molar-refractivity contribution is -0.144. The van der Waals surface area contributed by atoms with E-state index in [1.807, 2.05) is 0 Å². The molecule has 0 aromatic heterocycles. The number of carboxylic acid groups (broad SMARTS) is 1. The highest BCUT2D eigenvalue weighted by atomic mass is 16.4. The molecule has 3 atom stereocenters. The Kier molecular flexibility index (Phi) is 4.73. The standard InChI is InChI=1S/C13H24N2O3/c1-8(2)10(11(16)17)15-12(18)13(14)6-4-5-9(3)7-13/h8-10H,4-7,14H2,1-3H3,(H,15,18)(H,16,17). The molecule has 1 rings (SSSR count). The second-order valence-corrected chi connectivity index (χ2v) is 5.89.